The van der Waals surface area contributed by atoms with Crippen molar-refractivity contribution >= 4 is 64.3 Å². The van der Waals surface area contributed by atoms with Crippen molar-refractivity contribution in [2.45, 2.75) is 77.0 Å². The normalized spacial score (nSPS) is 13.3. The lowest BCUT2D eigenvalue weighted by molar-refractivity contribution is -0.133. The molecule has 3 aromatic rings. The summed E-state index contributed by atoms with van der Waals surface area (Å²) in [6.45, 7) is 4.84. The number of benzene rings is 3. The molecule has 3 rings (SSSR count). The van der Waals surface area contributed by atoms with Gasteiger partial charge >= 0.3 is 5.97 Å². The molecule has 0 aliphatic rings. The minimum absolute atomic E-state index is 0.00300. The summed E-state index contributed by atoms with van der Waals surface area (Å²) >= 11 is 12.4. The number of carboxylic acids is 1. The van der Waals surface area contributed by atoms with Gasteiger partial charge in [0.1, 0.15) is 17.9 Å². The molecule has 0 fully saturated rings. The highest BCUT2D eigenvalue weighted by molar-refractivity contribution is 6.42. The number of hydrogen-bond donors (Lipinski definition) is 6. The van der Waals surface area contributed by atoms with E-state index in [1.54, 1.807) is 38.1 Å². The summed E-state index contributed by atoms with van der Waals surface area (Å²) in [6, 6.07) is 15.7. The lowest BCUT2D eigenvalue weighted by Crippen LogP contribution is -2.58. The maximum Gasteiger partial charge on any atom is 0.335 e. The molecule has 0 aliphatic carbocycles. The van der Waals surface area contributed by atoms with E-state index >= 15 is 0 Å². The van der Waals surface area contributed by atoms with Crippen LogP contribution in [0.1, 0.15) is 61.5 Å². The second-order valence-electron chi connectivity index (χ2n) is 12.6. The monoisotopic (exact) mass is 739 g/mol. The fourth-order valence-corrected chi connectivity index (χ4v) is 5.52. The van der Waals surface area contributed by atoms with Crippen LogP contribution >= 0.6 is 23.2 Å². The molecule has 0 unspecified atom stereocenters. The Morgan fingerprint density at radius 2 is 1.47 bits per heavy atom. The standard InChI is InChI=1S/C37H43Cl2N5O7/c1-21(2)33(44-34(47)30(40)15-12-22(3)45)36(49)43-31(18-24-13-14-28(38)29(39)17-24)35(48)42-27(16-23-8-5-4-6-9-23)20-32(46)41-26-11-7-10-25(19-26)37(50)51/h4-11,13-14,17,19,21,27,30-31,33H,12,15-16,18,20,40H2,1-3H3,(H,41,46)(H,42,48)(H,43,49)(H,44,47)(H,50,51)/t27-,30-,31-,33-/m0/s1. The number of nitrogens with one attached hydrogen (secondary N) is 4. The maximum absolute atomic E-state index is 14.0. The molecule has 3 aromatic carbocycles. The van der Waals surface area contributed by atoms with Crippen LogP contribution in [0.3, 0.4) is 0 Å². The van der Waals surface area contributed by atoms with E-state index in [-0.39, 0.29) is 54.2 Å². The van der Waals surface area contributed by atoms with Gasteiger partial charge in [-0.05, 0) is 67.1 Å². The second kappa shape index (κ2) is 19.6. The van der Waals surface area contributed by atoms with Crippen LogP contribution < -0.4 is 27.0 Å². The number of aromatic carboxylic acids is 1. The molecule has 0 spiro atoms. The van der Waals surface area contributed by atoms with Gasteiger partial charge < -0.3 is 36.9 Å². The van der Waals surface area contributed by atoms with Crippen molar-refractivity contribution in [1.29, 1.82) is 0 Å². The summed E-state index contributed by atoms with van der Waals surface area (Å²) in [4.78, 5) is 76.6. The smallest absolute Gasteiger partial charge is 0.335 e. The number of hydrogen-bond acceptors (Lipinski definition) is 7. The number of anilines is 1. The van der Waals surface area contributed by atoms with Crippen molar-refractivity contribution < 1.29 is 33.9 Å². The van der Waals surface area contributed by atoms with E-state index in [0.717, 1.165) is 5.56 Å². The zero-order valence-corrected chi connectivity index (χ0v) is 30.1. The van der Waals surface area contributed by atoms with Crippen LogP contribution in [0, 0.1) is 5.92 Å². The Morgan fingerprint density at radius 3 is 2.10 bits per heavy atom. The summed E-state index contributed by atoms with van der Waals surface area (Å²) in [5.41, 5.74) is 7.66. The zero-order valence-electron chi connectivity index (χ0n) is 28.6. The number of nitrogens with two attached hydrogens (primary N) is 1. The van der Waals surface area contributed by atoms with Gasteiger partial charge in [0.2, 0.25) is 23.6 Å². The third-order valence-corrected chi connectivity index (χ3v) is 8.68. The molecule has 4 atom stereocenters. The lowest BCUT2D eigenvalue weighted by atomic mass is 9.99. The highest BCUT2D eigenvalue weighted by atomic mass is 35.5. The topological polar surface area (TPSA) is 197 Å². The predicted molar refractivity (Wildman–Crippen MR) is 195 cm³/mol. The first-order valence-electron chi connectivity index (χ1n) is 16.4. The minimum atomic E-state index is -1.19. The maximum atomic E-state index is 14.0. The summed E-state index contributed by atoms with van der Waals surface area (Å²) < 4.78 is 0. The number of halogens is 2. The molecule has 51 heavy (non-hydrogen) atoms. The van der Waals surface area contributed by atoms with Crippen molar-refractivity contribution in [3.63, 3.8) is 0 Å². The van der Waals surface area contributed by atoms with Crippen LogP contribution in [-0.4, -0.2) is 64.7 Å². The molecule has 0 saturated carbocycles. The number of ketones is 1. The molecule has 0 aromatic heterocycles. The van der Waals surface area contributed by atoms with E-state index < -0.39 is 59.7 Å². The minimum Gasteiger partial charge on any atom is -0.478 e. The van der Waals surface area contributed by atoms with E-state index in [1.165, 1.54) is 25.1 Å². The number of carboxylic acid groups (broad SMARTS) is 1. The summed E-state index contributed by atoms with van der Waals surface area (Å²) in [6.07, 6.45) is 0.268. The average Bonchev–Trinajstić information content (AvgIpc) is 3.07. The number of Topliss-reactive ketones (excluding diaryl/α,β-unsaturated/α-hetero) is 1. The van der Waals surface area contributed by atoms with Crippen molar-refractivity contribution in [1.82, 2.24) is 16.0 Å². The molecular weight excluding hydrogens is 697 g/mol. The van der Waals surface area contributed by atoms with Gasteiger partial charge in [-0.15, -0.1) is 0 Å². The number of amides is 4. The van der Waals surface area contributed by atoms with Crippen molar-refractivity contribution in [2.75, 3.05) is 5.32 Å². The molecule has 0 aliphatic heterocycles. The van der Waals surface area contributed by atoms with Crippen molar-refractivity contribution in [3.05, 3.63) is 99.5 Å². The first-order chi connectivity index (χ1) is 24.1. The van der Waals surface area contributed by atoms with Crippen LogP contribution in [0.25, 0.3) is 0 Å². The Bertz CT molecular complexity index is 1720. The molecular formula is C37H43Cl2N5O7. The summed E-state index contributed by atoms with van der Waals surface area (Å²) in [7, 11) is 0. The third kappa shape index (κ3) is 13.5. The SMILES string of the molecule is CC(=O)CC[C@H](N)C(=O)N[C@H](C(=O)N[C@@H](Cc1ccc(Cl)c(Cl)c1)C(=O)N[C@H](CC(=O)Nc1cccc(C(=O)O)c1)Cc1ccccc1)C(C)C. The highest BCUT2D eigenvalue weighted by Gasteiger charge is 2.31. The molecule has 4 amide bonds. The quantitative estimate of drug-likeness (QED) is 0.111. The van der Waals surface area contributed by atoms with Gasteiger partial charge in [0.05, 0.1) is 21.7 Å². The van der Waals surface area contributed by atoms with E-state index in [4.69, 9.17) is 28.9 Å². The van der Waals surface area contributed by atoms with Crippen LogP contribution in [0.4, 0.5) is 5.69 Å². The summed E-state index contributed by atoms with van der Waals surface area (Å²) in [5.74, 6) is -4.02. The van der Waals surface area contributed by atoms with Crippen LogP contribution in [-0.2, 0) is 36.8 Å². The molecule has 0 radical (unpaired) electrons. The van der Waals surface area contributed by atoms with Gasteiger partial charge in [0.25, 0.3) is 0 Å². The Labute approximate surface area is 306 Å². The van der Waals surface area contributed by atoms with Gasteiger partial charge in [0.15, 0.2) is 0 Å². The van der Waals surface area contributed by atoms with Crippen molar-refractivity contribution in [2.24, 2.45) is 11.7 Å². The molecule has 0 bridgehead atoms. The van der Waals surface area contributed by atoms with E-state index in [2.05, 4.69) is 21.3 Å². The van der Waals surface area contributed by atoms with Gasteiger partial charge in [-0.2, -0.15) is 0 Å². The number of carbonyl (C=O) groups is 6. The number of rotatable bonds is 18. The first kappa shape index (κ1) is 40.6. The largest absolute Gasteiger partial charge is 0.478 e. The van der Waals surface area contributed by atoms with Crippen LogP contribution in [0.15, 0.2) is 72.8 Å². The molecule has 272 valence electrons. The molecule has 0 heterocycles. The second-order valence-corrected chi connectivity index (χ2v) is 13.4. The predicted octanol–water partition coefficient (Wildman–Crippen LogP) is 4.31. The van der Waals surface area contributed by atoms with Gasteiger partial charge in [-0.25, -0.2) is 4.79 Å². The number of carbonyl (C=O) groups excluding carboxylic acids is 5. The summed E-state index contributed by atoms with van der Waals surface area (Å²) in [5, 5.41) is 20.9. The first-order valence-corrected chi connectivity index (χ1v) is 17.2. The van der Waals surface area contributed by atoms with Gasteiger partial charge in [-0.3, -0.25) is 19.2 Å². The van der Waals surface area contributed by atoms with Crippen molar-refractivity contribution in [3.8, 4) is 0 Å². The molecule has 14 heteroatoms. The Morgan fingerprint density at radius 1 is 0.765 bits per heavy atom. The Hall–Kier alpha value is -4.78. The fraction of sp³-hybridized carbons (Fsp3) is 0.351. The van der Waals surface area contributed by atoms with E-state index in [9.17, 15) is 33.9 Å². The average molecular weight is 741 g/mol. The fourth-order valence-electron chi connectivity index (χ4n) is 5.20. The van der Waals surface area contributed by atoms with Crippen LogP contribution in [0.2, 0.25) is 10.0 Å². The zero-order chi connectivity index (χ0) is 37.7. The molecule has 0 saturated heterocycles. The highest BCUT2D eigenvalue weighted by Crippen LogP contribution is 2.23. The van der Waals surface area contributed by atoms with Crippen LogP contribution in [0.5, 0.6) is 0 Å². The molecule has 7 N–H and O–H groups in total. The van der Waals surface area contributed by atoms with E-state index in [0.29, 0.717) is 10.6 Å². The Kier molecular flexibility index (Phi) is 15.6. The van der Waals surface area contributed by atoms with E-state index in [1.807, 2.05) is 30.3 Å². The van der Waals surface area contributed by atoms with Gasteiger partial charge in [-0.1, -0.05) is 79.5 Å². The molecule has 12 nitrogen and oxygen atoms in total. The van der Waals surface area contributed by atoms with Gasteiger partial charge in [0, 0.05) is 31.0 Å². The third-order valence-electron chi connectivity index (χ3n) is 7.94. The lowest BCUT2D eigenvalue weighted by Gasteiger charge is -2.28. The Balaban J connectivity index is 1.87.